The standard InChI is InChI=1S/C17H16ClN3O3S.C17H14ClN3O2S.ClH/c18-11-3-1-10(2-4-11)14(20)13-12(9-19)16(25-15(13)17(22)23)21-5-7-24-8-6-21;18-11-3-1-10(2-4-11)14-13-12(9-19)17(21-5-7-23-8-6-21)24-15(13)16(22)20-14;/h1-4,14H,5-8,20H2,(H,22,23);1-4,14H,5-8H2,(H,20,22);1H. The van der Waals surface area contributed by atoms with Crippen LogP contribution in [0, 0.1) is 22.7 Å². The van der Waals surface area contributed by atoms with Gasteiger partial charge in [0, 0.05) is 47.4 Å². The van der Waals surface area contributed by atoms with Crippen molar-refractivity contribution in [2.75, 3.05) is 62.4 Å². The van der Waals surface area contributed by atoms with Crippen LogP contribution in [0.2, 0.25) is 10.0 Å². The number of thiophene rings is 2. The van der Waals surface area contributed by atoms with Crippen molar-refractivity contribution >= 4 is 80.2 Å². The second-order valence-corrected chi connectivity index (χ2v) is 14.1. The van der Waals surface area contributed by atoms with E-state index in [1.165, 1.54) is 11.3 Å². The summed E-state index contributed by atoms with van der Waals surface area (Å²) in [5, 5.41) is 34.7. The maximum atomic E-state index is 12.4. The lowest BCUT2D eigenvalue weighted by Gasteiger charge is -2.28. The van der Waals surface area contributed by atoms with Gasteiger partial charge in [0.2, 0.25) is 0 Å². The van der Waals surface area contributed by atoms with E-state index in [2.05, 4.69) is 22.4 Å². The Hall–Kier alpha value is -3.89. The Bertz CT molecular complexity index is 1940. The lowest BCUT2D eigenvalue weighted by Crippen LogP contribution is -2.36. The van der Waals surface area contributed by atoms with Crippen molar-refractivity contribution < 1.29 is 24.2 Å². The number of halogens is 3. The van der Waals surface area contributed by atoms with Crippen molar-refractivity contribution in [2.24, 2.45) is 5.73 Å². The van der Waals surface area contributed by atoms with E-state index < -0.39 is 12.0 Å². The first-order chi connectivity index (χ1) is 23.7. The number of rotatable bonds is 6. The van der Waals surface area contributed by atoms with Crippen molar-refractivity contribution in [3.8, 4) is 12.1 Å². The summed E-state index contributed by atoms with van der Waals surface area (Å²) < 4.78 is 10.7. The number of ether oxygens (including phenoxy) is 2. The van der Waals surface area contributed by atoms with Gasteiger partial charge in [0.05, 0.1) is 49.6 Å². The van der Waals surface area contributed by atoms with Gasteiger partial charge in [0.15, 0.2) is 0 Å². The summed E-state index contributed by atoms with van der Waals surface area (Å²) in [6.45, 7) is 5.07. The van der Waals surface area contributed by atoms with E-state index in [0.717, 1.165) is 40.6 Å². The maximum absolute atomic E-state index is 12.4. The number of carboxylic acids is 1. The fraction of sp³-hybridized carbons (Fsp3) is 0.294. The number of benzene rings is 2. The molecular weight excluding hydrogens is 743 g/mol. The molecule has 5 heterocycles. The van der Waals surface area contributed by atoms with Gasteiger partial charge in [-0.05, 0) is 35.4 Å². The molecule has 2 saturated heterocycles. The first-order valence-electron chi connectivity index (χ1n) is 15.3. The van der Waals surface area contributed by atoms with Crippen molar-refractivity contribution in [3.63, 3.8) is 0 Å². The van der Waals surface area contributed by atoms with Gasteiger partial charge in [-0.2, -0.15) is 10.5 Å². The molecule has 0 saturated carbocycles. The summed E-state index contributed by atoms with van der Waals surface area (Å²) in [4.78, 5) is 29.0. The molecule has 7 rings (SSSR count). The van der Waals surface area contributed by atoms with Crippen molar-refractivity contribution in [1.29, 1.82) is 10.5 Å². The van der Waals surface area contributed by atoms with Gasteiger partial charge in [0.25, 0.3) is 5.91 Å². The number of morpholine rings is 2. The molecule has 2 atom stereocenters. The molecule has 4 aromatic rings. The Labute approximate surface area is 312 Å². The zero-order valence-corrected chi connectivity index (χ0v) is 30.3. The summed E-state index contributed by atoms with van der Waals surface area (Å²) in [7, 11) is 0. The zero-order chi connectivity index (χ0) is 34.7. The van der Waals surface area contributed by atoms with Gasteiger partial charge in [-0.15, -0.1) is 35.1 Å². The Kier molecular flexibility index (Phi) is 12.3. The fourth-order valence-corrected chi connectivity index (χ4v) is 8.65. The highest BCUT2D eigenvalue weighted by Gasteiger charge is 2.38. The van der Waals surface area contributed by atoms with E-state index in [1.807, 2.05) is 17.0 Å². The van der Waals surface area contributed by atoms with Gasteiger partial charge in [-0.3, -0.25) is 4.79 Å². The zero-order valence-electron chi connectivity index (χ0n) is 26.4. The highest BCUT2D eigenvalue weighted by atomic mass is 35.5. The number of nitriles is 2. The monoisotopic (exact) mass is 772 g/mol. The van der Waals surface area contributed by atoms with Crippen molar-refractivity contribution in [2.45, 2.75) is 12.1 Å². The first-order valence-corrected chi connectivity index (χ1v) is 17.7. The van der Waals surface area contributed by atoms with Crippen LogP contribution in [-0.4, -0.2) is 69.6 Å². The second-order valence-electron chi connectivity index (χ2n) is 11.3. The van der Waals surface area contributed by atoms with Crippen LogP contribution in [0.15, 0.2) is 48.5 Å². The quantitative estimate of drug-likeness (QED) is 0.205. The Morgan fingerprint density at radius 1 is 0.880 bits per heavy atom. The molecule has 50 heavy (non-hydrogen) atoms. The van der Waals surface area contributed by atoms with Crippen LogP contribution < -0.4 is 20.9 Å². The largest absolute Gasteiger partial charge is 0.477 e. The van der Waals surface area contributed by atoms with E-state index in [-0.39, 0.29) is 29.2 Å². The SMILES string of the molecule is Cl.N#Cc1c(N2CCOCC2)sc(C(=O)O)c1C(N)c1ccc(Cl)cc1.N#Cc1c(N2CCOCC2)sc2c1C(c1ccc(Cl)cc1)NC2=O. The first kappa shape index (κ1) is 37.4. The molecule has 260 valence electrons. The van der Waals surface area contributed by atoms with Crippen LogP contribution in [-0.2, 0) is 9.47 Å². The molecule has 0 spiro atoms. The number of amides is 1. The van der Waals surface area contributed by atoms with E-state index in [4.69, 9.17) is 38.4 Å². The smallest absolute Gasteiger partial charge is 0.346 e. The van der Waals surface area contributed by atoms with E-state index in [9.17, 15) is 25.2 Å². The van der Waals surface area contributed by atoms with Gasteiger partial charge in [-0.25, -0.2) is 4.79 Å². The van der Waals surface area contributed by atoms with Crippen LogP contribution in [0.25, 0.3) is 0 Å². The molecule has 3 aliphatic rings. The number of hydrogen-bond acceptors (Lipinski definition) is 11. The van der Waals surface area contributed by atoms with Gasteiger partial charge in [-0.1, -0.05) is 47.5 Å². The molecule has 3 aliphatic heterocycles. The number of nitrogens with two attached hydrogens (primary N) is 1. The number of carboxylic acid groups (broad SMARTS) is 1. The topological polar surface area (TPSA) is 165 Å². The normalized spacial score (nSPS) is 17.3. The summed E-state index contributed by atoms with van der Waals surface area (Å²) in [6, 6.07) is 17.7. The number of nitrogens with one attached hydrogen (secondary N) is 1. The Morgan fingerprint density at radius 3 is 1.88 bits per heavy atom. The van der Waals surface area contributed by atoms with Crippen molar-refractivity contribution in [1.82, 2.24) is 5.32 Å². The third-order valence-corrected chi connectivity index (χ3v) is 11.4. The van der Waals surface area contributed by atoms with E-state index in [0.29, 0.717) is 81.7 Å². The number of carbonyl (C=O) groups is 2. The molecule has 4 N–H and O–H groups in total. The average molecular weight is 774 g/mol. The molecule has 1 amide bonds. The number of hydrogen-bond donors (Lipinski definition) is 3. The molecule has 0 bridgehead atoms. The van der Waals surface area contributed by atoms with Gasteiger partial charge < -0.3 is 35.4 Å². The number of fused-ring (bicyclic) bond motifs is 1. The fourth-order valence-electron chi connectivity index (χ4n) is 5.97. The molecule has 0 aliphatic carbocycles. The predicted octanol–water partition coefficient (Wildman–Crippen LogP) is 6.22. The lowest BCUT2D eigenvalue weighted by atomic mass is 9.96. The molecule has 2 fully saturated rings. The average Bonchev–Trinajstić information content (AvgIpc) is 3.81. The summed E-state index contributed by atoms with van der Waals surface area (Å²) >= 11 is 14.4. The van der Waals surface area contributed by atoms with Crippen LogP contribution >= 0.6 is 58.3 Å². The molecular formula is C34H31Cl3N6O5S2. The maximum Gasteiger partial charge on any atom is 0.346 e. The minimum atomic E-state index is -1.08. The molecule has 0 radical (unpaired) electrons. The molecule has 2 unspecified atom stereocenters. The van der Waals surface area contributed by atoms with Crippen LogP contribution in [0.3, 0.4) is 0 Å². The minimum Gasteiger partial charge on any atom is -0.477 e. The third kappa shape index (κ3) is 7.56. The Morgan fingerprint density at radius 2 is 1.38 bits per heavy atom. The molecule has 2 aromatic carbocycles. The number of carbonyl (C=O) groups excluding carboxylic acids is 1. The van der Waals surface area contributed by atoms with Crippen LogP contribution in [0.1, 0.15) is 64.8 Å². The third-order valence-electron chi connectivity index (χ3n) is 8.38. The number of aromatic carboxylic acids is 1. The predicted molar refractivity (Wildman–Crippen MR) is 197 cm³/mol. The molecule has 11 nitrogen and oxygen atoms in total. The summed E-state index contributed by atoms with van der Waals surface area (Å²) in [5.41, 5.74) is 10.0. The van der Waals surface area contributed by atoms with Crippen molar-refractivity contribution in [3.05, 3.63) is 102 Å². The highest BCUT2D eigenvalue weighted by Crippen LogP contribution is 2.45. The van der Waals surface area contributed by atoms with Crippen LogP contribution in [0.5, 0.6) is 0 Å². The van der Waals surface area contributed by atoms with Gasteiger partial charge in [0.1, 0.15) is 31.9 Å². The van der Waals surface area contributed by atoms with E-state index >= 15 is 0 Å². The number of anilines is 2. The summed E-state index contributed by atoms with van der Waals surface area (Å²) in [5.74, 6) is -1.20. The van der Waals surface area contributed by atoms with Crippen LogP contribution in [0.4, 0.5) is 10.0 Å². The Balaban J connectivity index is 0.000000191. The van der Waals surface area contributed by atoms with Gasteiger partial charge >= 0.3 is 5.97 Å². The summed E-state index contributed by atoms with van der Waals surface area (Å²) in [6.07, 6.45) is 0. The second kappa shape index (κ2) is 16.4. The molecule has 2 aromatic heterocycles. The highest BCUT2D eigenvalue weighted by molar-refractivity contribution is 7.19. The number of nitrogens with zero attached hydrogens (tertiary/aromatic N) is 4. The minimum absolute atomic E-state index is 0. The lowest BCUT2D eigenvalue weighted by molar-refractivity contribution is 0.0700. The van der Waals surface area contributed by atoms with E-state index in [1.54, 1.807) is 36.4 Å². The molecule has 16 heteroatoms.